The fraction of sp³-hybridized carbons (Fsp3) is 0.0714. The number of nitrogens with one attached hydrogen (secondary N) is 1. The zero-order valence-corrected chi connectivity index (χ0v) is 11.2. The van der Waals surface area contributed by atoms with Crippen molar-refractivity contribution >= 4 is 29.0 Å². The molecule has 0 aliphatic heterocycles. The van der Waals surface area contributed by atoms with Crippen molar-refractivity contribution in [2.75, 3.05) is 16.8 Å². The van der Waals surface area contributed by atoms with E-state index in [4.69, 9.17) is 5.73 Å². The number of carbonyl (C=O) groups is 1. The molecule has 3 N–H and O–H groups in total. The molecular formula is C14H12F2N2OS. The maximum atomic E-state index is 13.0. The largest absolute Gasteiger partial charge is 0.396 e. The van der Waals surface area contributed by atoms with E-state index in [1.54, 1.807) is 12.1 Å². The monoisotopic (exact) mass is 294 g/mol. The first-order chi connectivity index (χ1) is 9.54. The van der Waals surface area contributed by atoms with Crippen LogP contribution in [0.4, 0.5) is 20.2 Å². The number of halogens is 2. The topological polar surface area (TPSA) is 55.1 Å². The maximum Gasteiger partial charge on any atom is 0.234 e. The first-order valence-electron chi connectivity index (χ1n) is 5.78. The summed E-state index contributed by atoms with van der Waals surface area (Å²) in [5, 5.41) is 2.59. The van der Waals surface area contributed by atoms with E-state index in [1.165, 1.54) is 42.1 Å². The highest BCUT2D eigenvalue weighted by molar-refractivity contribution is 8.00. The molecule has 2 rings (SSSR count). The number of benzene rings is 2. The number of hydrogen-bond acceptors (Lipinski definition) is 3. The van der Waals surface area contributed by atoms with Gasteiger partial charge in [0.1, 0.15) is 11.6 Å². The van der Waals surface area contributed by atoms with Gasteiger partial charge in [0.25, 0.3) is 0 Å². The molecule has 0 aliphatic carbocycles. The molecule has 0 radical (unpaired) electrons. The first-order valence-corrected chi connectivity index (χ1v) is 6.76. The molecule has 1 amide bonds. The van der Waals surface area contributed by atoms with Crippen molar-refractivity contribution in [2.24, 2.45) is 0 Å². The van der Waals surface area contributed by atoms with Gasteiger partial charge in [-0.3, -0.25) is 4.79 Å². The third kappa shape index (κ3) is 3.96. The number of thioether (sulfide) groups is 1. The summed E-state index contributed by atoms with van der Waals surface area (Å²) in [5.41, 5.74) is 5.80. The number of carbonyl (C=O) groups excluding carboxylic acids is 1. The van der Waals surface area contributed by atoms with Crippen molar-refractivity contribution in [2.45, 2.75) is 4.90 Å². The fourth-order valence-corrected chi connectivity index (χ4v) is 2.26. The molecule has 2 aromatic rings. The van der Waals surface area contributed by atoms with Crippen molar-refractivity contribution in [3.8, 4) is 0 Å². The summed E-state index contributed by atoms with van der Waals surface area (Å²) in [6.45, 7) is 0. The lowest BCUT2D eigenvalue weighted by Crippen LogP contribution is -2.14. The molecule has 6 heteroatoms. The quantitative estimate of drug-likeness (QED) is 0.672. The summed E-state index contributed by atoms with van der Waals surface area (Å²) < 4.78 is 25.9. The highest BCUT2D eigenvalue weighted by atomic mass is 32.2. The molecule has 3 nitrogen and oxygen atoms in total. The minimum Gasteiger partial charge on any atom is -0.396 e. The number of amides is 1. The zero-order chi connectivity index (χ0) is 14.5. The summed E-state index contributed by atoms with van der Waals surface area (Å²) in [6, 6.07) is 9.95. The van der Waals surface area contributed by atoms with E-state index in [9.17, 15) is 13.6 Å². The summed E-state index contributed by atoms with van der Waals surface area (Å²) in [6.07, 6.45) is 0. The lowest BCUT2D eigenvalue weighted by atomic mass is 10.2. The smallest absolute Gasteiger partial charge is 0.234 e. The van der Waals surface area contributed by atoms with E-state index >= 15 is 0 Å². The van der Waals surface area contributed by atoms with E-state index in [1.807, 2.05) is 0 Å². The van der Waals surface area contributed by atoms with Crippen LogP contribution < -0.4 is 11.1 Å². The number of nitrogens with two attached hydrogens (primary N) is 1. The van der Waals surface area contributed by atoms with Gasteiger partial charge in [0, 0.05) is 10.6 Å². The van der Waals surface area contributed by atoms with Crippen molar-refractivity contribution in [1.29, 1.82) is 0 Å². The van der Waals surface area contributed by atoms with Gasteiger partial charge >= 0.3 is 0 Å². The van der Waals surface area contributed by atoms with Crippen molar-refractivity contribution in [1.82, 2.24) is 0 Å². The molecule has 0 heterocycles. The van der Waals surface area contributed by atoms with Crippen LogP contribution in [-0.4, -0.2) is 11.7 Å². The van der Waals surface area contributed by atoms with Gasteiger partial charge in [-0.05, 0) is 36.4 Å². The van der Waals surface area contributed by atoms with Crippen molar-refractivity contribution in [3.63, 3.8) is 0 Å². The summed E-state index contributed by atoms with van der Waals surface area (Å²) in [5.74, 6) is -1.02. The average Bonchev–Trinajstić information content (AvgIpc) is 2.41. The second-order valence-corrected chi connectivity index (χ2v) is 5.08. The Morgan fingerprint density at radius 1 is 1.20 bits per heavy atom. The van der Waals surface area contributed by atoms with Gasteiger partial charge in [0.15, 0.2) is 0 Å². The van der Waals surface area contributed by atoms with Gasteiger partial charge in [-0.2, -0.15) is 0 Å². The lowest BCUT2D eigenvalue weighted by Gasteiger charge is -2.06. The Morgan fingerprint density at radius 2 is 2.00 bits per heavy atom. The Labute approximate surface area is 119 Å². The molecular weight excluding hydrogens is 282 g/mol. The normalized spacial score (nSPS) is 10.3. The predicted octanol–water partition coefficient (Wildman–Crippen LogP) is 3.28. The van der Waals surface area contributed by atoms with Gasteiger partial charge < -0.3 is 11.1 Å². The van der Waals surface area contributed by atoms with Crippen LogP contribution in [0.2, 0.25) is 0 Å². The third-order valence-corrected chi connectivity index (χ3v) is 3.44. The molecule has 0 spiro atoms. The molecule has 0 aromatic heterocycles. The van der Waals surface area contributed by atoms with Gasteiger partial charge in [-0.15, -0.1) is 11.8 Å². The number of anilines is 2. The third-order valence-electron chi connectivity index (χ3n) is 2.45. The van der Waals surface area contributed by atoms with Gasteiger partial charge in [0.2, 0.25) is 5.91 Å². The molecule has 0 fully saturated rings. The highest BCUT2D eigenvalue weighted by Crippen LogP contribution is 2.20. The molecule has 0 saturated carbocycles. The average molecular weight is 294 g/mol. The van der Waals surface area contributed by atoms with Crippen LogP contribution in [0.25, 0.3) is 0 Å². The Kier molecular flexibility index (Phi) is 4.57. The fourth-order valence-electron chi connectivity index (χ4n) is 1.52. The van der Waals surface area contributed by atoms with Crippen molar-refractivity contribution < 1.29 is 13.6 Å². The molecule has 0 unspecified atom stereocenters. The highest BCUT2D eigenvalue weighted by Gasteiger charge is 2.06. The van der Waals surface area contributed by atoms with Crippen LogP contribution in [0.3, 0.4) is 0 Å². The minimum absolute atomic E-state index is 0.0272. The molecule has 104 valence electrons. The summed E-state index contributed by atoms with van der Waals surface area (Å²) in [7, 11) is 0. The molecule has 0 saturated heterocycles. The van der Waals surface area contributed by atoms with Crippen LogP contribution >= 0.6 is 11.8 Å². The van der Waals surface area contributed by atoms with E-state index in [2.05, 4.69) is 5.32 Å². The van der Waals surface area contributed by atoms with E-state index in [0.29, 0.717) is 10.6 Å². The van der Waals surface area contributed by atoms with Crippen LogP contribution in [0.5, 0.6) is 0 Å². The van der Waals surface area contributed by atoms with E-state index in [0.717, 1.165) is 0 Å². The number of nitrogen functional groups attached to an aromatic ring is 1. The molecule has 0 bridgehead atoms. The zero-order valence-electron chi connectivity index (χ0n) is 10.4. The first kappa shape index (κ1) is 14.3. The van der Waals surface area contributed by atoms with Gasteiger partial charge in [-0.25, -0.2) is 8.78 Å². The Morgan fingerprint density at radius 3 is 2.70 bits per heavy atom. The van der Waals surface area contributed by atoms with E-state index in [-0.39, 0.29) is 23.2 Å². The van der Waals surface area contributed by atoms with E-state index < -0.39 is 5.82 Å². The second-order valence-electron chi connectivity index (χ2n) is 4.03. The molecule has 0 atom stereocenters. The summed E-state index contributed by atoms with van der Waals surface area (Å²) in [4.78, 5) is 12.4. The SMILES string of the molecule is Nc1cc(NC(=O)CSc2cccc(F)c2)ccc1F. The number of hydrogen-bond donors (Lipinski definition) is 2. The maximum absolute atomic E-state index is 13.0. The van der Waals surface area contributed by atoms with Gasteiger partial charge in [0.05, 0.1) is 11.4 Å². The predicted molar refractivity (Wildman–Crippen MR) is 76.6 cm³/mol. The Hall–Kier alpha value is -2.08. The van der Waals surface area contributed by atoms with Crippen LogP contribution in [0, 0.1) is 11.6 Å². The molecule has 2 aromatic carbocycles. The van der Waals surface area contributed by atoms with Crippen LogP contribution in [-0.2, 0) is 4.79 Å². The Balaban J connectivity index is 1.91. The van der Waals surface area contributed by atoms with Crippen LogP contribution in [0.1, 0.15) is 0 Å². The van der Waals surface area contributed by atoms with Gasteiger partial charge in [-0.1, -0.05) is 6.07 Å². The molecule has 0 aliphatic rings. The number of rotatable bonds is 4. The van der Waals surface area contributed by atoms with Crippen molar-refractivity contribution in [3.05, 3.63) is 54.1 Å². The Bertz CT molecular complexity index is 634. The van der Waals surface area contributed by atoms with Crippen LogP contribution in [0.15, 0.2) is 47.4 Å². The lowest BCUT2D eigenvalue weighted by molar-refractivity contribution is -0.113. The summed E-state index contributed by atoms with van der Waals surface area (Å²) >= 11 is 1.21. The minimum atomic E-state index is -0.530. The standard InChI is InChI=1S/C14H12F2N2OS/c15-9-2-1-3-11(6-9)20-8-14(19)18-10-4-5-12(16)13(17)7-10/h1-7H,8,17H2,(H,18,19). The molecule has 20 heavy (non-hydrogen) atoms. The second kappa shape index (κ2) is 6.38.